The Morgan fingerprint density at radius 2 is 1.86 bits per heavy atom. The van der Waals surface area contributed by atoms with Crippen LogP contribution in [0.1, 0.15) is 46.0 Å². The van der Waals surface area contributed by atoms with E-state index in [1.165, 1.54) is 32.2 Å². The number of hydrogen-bond acceptors (Lipinski definition) is 2. The van der Waals surface area contributed by atoms with Crippen molar-refractivity contribution in [3.63, 3.8) is 0 Å². The molecule has 1 aliphatic rings. The zero-order valence-electron chi connectivity index (χ0n) is 9.92. The van der Waals surface area contributed by atoms with Gasteiger partial charge < -0.3 is 10.0 Å². The van der Waals surface area contributed by atoms with Crippen LogP contribution in [0.3, 0.4) is 0 Å². The number of rotatable bonds is 5. The van der Waals surface area contributed by atoms with Crippen LogP contribution in [-0.2, 0) is 0 Å². The molecule has 1 rings (SSSR count). The molecular weight excluding hydrogens is 174 g/mol. The Morgan fingerprint density at radius 3 is 2.36 bits per heavy atom. The van der Waals surface area contributed by atoms with Gasteiger partial charge in [0.25, 0.3) is 0 Å². The zero-order chi connectivity index (χ0) is 10.6. The van der Waals surface area contributed by atoms with Gasteiger partial charge in [-0.25, -0.2) is 0 Å². The van der Waals surface area contributed by atoms with Crippen LogP contribution in [0.2, 0.25) is 0 Å². The summed E-state index contributed by atoms with van der Waals surface area (Å²) in [6.07, 6.45) is 6.53. The van der Waals surface area contributed by atoms with Gasteiger partial charge in [0.1, 0.15) is 0 Å². The van der Waals surface area contributed by atoms with E-state index in [-0.39, 0.29) is 0 Å². The third-order valence-corrected chi connectivity index (χ3v) is 3.15. The third-order valence-electron chi connectivity index (χ3n) is 3.15. The molecule has 84 valence electrons. The summed E-state index contributed by atoms with van der Waals surface area (Å²) in [5.74, 6) is 0.918. The van der Waals surface area contributed by atoms with Crippen molar-refractivity contribution in [1.82, 2.24) is 4.90 Å². The van der Waals surface area contributed by atoms with Crippen molar-refractivity contribution in [3.8, 4) is 0 Å². The first-order chi connectivity index (χ1) is 6.47. The van der Waals surface area contributed by atoms with Crippen molar-refractivity contribution in [2.75, 3.05) is 20.1 Å². The van der Waals surface area contributed by atoms with Crippen LogP contribution in [0.4, 0.5) is 0 Å². The standard InChI is InChI=1S/C12H25NO/c1-12(2,14)8-9-13(3)10-11-6-4-5-7-11/h11,14H,4-10H2,1-3H3. The Balaban J connectivity index is 2.12. The molecule has 0 aliphatic heterocycles. The molecule has 0 unspecified atom stereocenters. The quantitative estimate of drug-likeness (QED) is 0.734. The molecule has 1 saturated carbocycles. The summed E-state index contributed by atoms with van der Waals surface area (Å²) in [6.45, 7) is 6.00. The molecule has 0 radical (unpaired) electrons. The molecular formula is C12H25NO. The SMILES string of the molecule is CN(CCC(C)(C)O)CC1CCCC1. The molecule has 0 saturated heterocycles. The van der Waals surface area contributed by atoms with E-state index in [9.17, 15) is 5.11 Å². The number of hydrogen-bond donors (Lipinski definition) is 1. The average molecular weight is 199 g/mol. The highest BCUT2D eigenvalue weighted by Gasteiger charge is 2.18. The van der Waals surface area contributed by atoms with Crippen LogP contribution in [0.5, 0.6) is 0 Å². The van der Waals surface area contributed by atoms with E-state index in [1.54, 1.807) is 0 Å². The van der Waals surface area contributed by atoms with Crippen LogP contribution in [-0.4, -0.2) is 35.7 Å². The highest BCUT2D eigenvalue weighted by atomic mass is 16.3. The van der Waals surface area contributed by atoms with E-state index in [4.69, 9.17) is 0 Å². The smallest absolute Gasteiger partial charge is 0.0603 e. The van der Waals surface area contributed by atoms with Crippen LogP contribution in [0.15, 0.2) is 0 Å². The summed E-state index contributed by atoms with van der Waals surface area (Å²) in [6, 6.07) is 0. The third kappa shape index (κ3) is 4.97. The lowest BCUT2D eigenvalue weighted by Crippen LogP contribution is -2.31. The predicted molar refractivity (Wildman–Crippen MR) is 60.4 cm³/mol. The first-order valence-electron chi connectivity index (χ1n) is 5.88. The molecule has 0 heterocycles. The van der Waals surface area contributed by atoms with Gasteiger partial charge in [0.2, 0.25) is 0 Å². The van der Waals surface area contributed by atoms with Crippen LogP contribution >= 0.6 is 0 Å². The van der Waals surface area contributed by atoms with Gasteiger partial charge in [-0.15, -0.1) is 0 Å². The van der Waals surface area contributed by atoms with E-state index in [2.05, 4.69) is 11.9 Å². The summed E-state index contributed by atoms with van der Waals surface area (Å²) in [5, 5.41) is 9.60. The van der Waals surface area contributed by atoms with Gasteiger partial charge in [-0.2, -0.15) is 0 Å². The molecule has 0 amide bonds. The van der Waals surface area contributed by atoms with Crippen molar-refractivity contribution in [2.45, 2.75) is 51.6 Å². The second kappa shape index (κ2) is 5.13. The molecule has 1 fully saturated rings. The normalized spacial score (nSPS) is 19.5. The molecule has 0 atom stereocenters. The fourth-order valence-electron chi connectivity index (χ4n) is 2.19. The molecule has 14 heavy (non-hydrogen) atoms. The number of nitrogens with zero attached hydrogens (tertiary/aromatic N) is 1. The minimum absolute atomic E-state index is 0.510. The lowest BCUT2D eigenvalue weighted by atomic mass is 10.0. The Labute approximate surface area is 88.3 Å². The van der Waals surface area contributed by atoms with Gasteiger partial charge in [-0.1, -0.05) is 12.8 Å². The van der Waals surface area contributed by atoms with Crippen molar-refractivity contribution in [3.05, 3.63) is 0 Å². The van der Waals surface area contributed by atoms with Crippen LogP contribution < -0.4 is 0 Å². The molecule has 1 N–H and O–H groups in total. The molecule has 0 spiro atoms. The minimum atomic E-state index is -0.510. The summed E-state index contributed by atoms with van der Waals surface area (Å²) in [7, 11) is 2.17. The van der Waals surface area contributed by atoms with Crippen molar-refractivity contribution >= 4 is 0 Å². The molecule has 0 aromatic heterocycles. The summed E-state index contributed by atoms with van der Waals surface area (Å²) in [5.41, 5.74) is -0.510. The van der Waals surface area contributed by atoms with Gasteiger partial charge in [0.15, 0.2) is 0 Å². The van der Waals surface area contributed by atoms with E-state index in [1.807, 2.05) is 13.8 Å². The Kier molecular flexibility index (Phi) is 4.39. The molecule has 2 heteroatoms. The molecule has 0 aromatic rings. The lowest BCUT2D eigenvalue weighted by Gasteiger charge is -2.24. The maximum atomic E-state index is 9.60. The minimum Gasteiger partial charge on any atom is -0.390 e. The molecule has 0 aromatic carbocycles. The number of aliphatic hydroxyl groups is 1. The topological polar surface area (TPSA) is 23.5 Å². The summed E-state index contributed by atoms with van der Waals surface area (Å²) < 4.78 is 0. The molecule has 1 aliphatic carbocycles. The lowest BCUT2D eigenvalue weighted by molar-refractivity contribution is 0.0591. The summed E-state index contributed by atoms with van der Waals surface area (Å²) >= 11 is 0. The fourth-order valence-corrected chi connectivity index (χ4v) is 2.19. The maximum Gasteiger partial charge on any atom is 0.0603 e. The zero-order valence-corrected chi connectivity index (χ0v) is 9.92. The van der Waals surface area contributed by atoms with Crippen molar-refractivity contribution in [1.29, 1.82) is 0 Å². The Hall–Kier alpha value is -0.0800. The van der Waals surface area contributed by atoms with E-state index < -0.39 is 5.60 Å². The van der Waals surface area contributed by atoms with Gasteiger partial charge in [-0.3, -0.25) is 0 Å². The van der Waals surface area contributed by atoms with Gasteiger partial charge in [-0.05, 0) is 46.1 Å². The van der Waals surface area contributed by atoms with Crippen LogP contribution in [0.25, 0.3) is 0 Å². The molecule has 2 nitrogen and oxygen atoms in total. The largest absolute Gasteiger partial charge is 0.390 e. The second-order valence-electron chi connectivity index (χ2n) is 5.48. The highest BCUT2D eigenvalue weighted by Crippen LogP contribution is 2.25. The van der Waals surface area contributed by atoms with Gasteiger partial charge in [0, 0.05) is 13.1 Å². The maximum absolute atomic E-state index is 9.60. The van der Waals surface area contributed by atoms with Crippen molar-refractivity contribution < 1.29 is 5.11 Å². The Morgan fingerprint density at radius 1 is 1.29 bits per heavy atom. The second-order valence-corrected chi connectivity index (χ2v) is 5.48. The van der Waals surface area contributed by atoms with Gasteiger partial charge in [0.05, 0.1) is 5.60 Å². The predicted octanol–water partition coefficient (Wildman–Crippen LogP) is 2.27. The van der Waals surface area contributed by atoms with E-state index in [0.29, 0.717) is 0 Å². The van der Waals surface area contributed by atoms with E-state index in [0.717, 1.165) is 18.9 Å². The monoisotopic (exact) mass is 199 g/mol. The van der Waals surface area contributed by atoms with Crippen molar-refractivity contribution in [2.24, 2.45) is 5.92 Å². The van der Waals surface area contributed by atoms with Gasteiger partial charge >= 0.3 is 0 Å². The summed E-state index contributed by atoms with van der Waals surface area (Å²) in [4.78, 5) is 2.37. The highest BCUT2D eigenvalue weighted by molar-refractivity contribution is 4.72. The Bertz CT molecular complexity index is 156. The van der Waals surface area contributed by atoms with E-state index >= 15 is 0 Å². The average Bonchev–Trinajstić information content (AvgIpc) is 2.52. The first kappa shape index (κ1) is 12.0. The van der Waals surface area contributed by atoms with Crippen LogP contribution in [0, 0.1) is 5.92 Å². The fraction of sp³-hybridized carbons (Fsp3) is 1.00. The molecule has 0 bridgehead atoms. The first-order valence-corrected chi connectivity index (χ1v) is 5.88.